The van der Waals surface area contributed by atoms with Crippen LogP contribution >= 0.6 is 0 Å². The summed E-state index contributed by atoms with van der Waals surface area (Å²) in [6.45, 7) is 10.8. The van der Waals surface area contributed by atoms with Gasteiger partial charge in [-0.25, -0.2) is 9.37 Å². The standard InChI is InChI=1S/C21H23BFN3O/c1-13(21(2,3)4)27-19-9-8-18(14-11-24-26(5)12-14)25-20(19)16-7-6-15(22)10-17(16)23/h6-11,14H,1,12H2,2-5H3. The smallest absolute Gasteiger partial charge is 0.153 e. The fraction of sp³-hybridized carbons (Fsp3) is 0.333. The van der Waals surface area contributed by atoms with Crippen molar-refractivity contribution >= 4 is 19.5 Å². The molecule has 0 fully saturated rings. The molecule has 3 rings (SSSR count). The van der Waals surface area contributed by atoms with Crippen LogP contribution in [0, 0.1) is 11.2 Å². The van der Waals surface area contributed by atoms with Crippen molar-refractivity contribution in [3.8, 4) is 17.0 Å². The highest BCUT2D eigenvalue weighted by Crippen LogP contribution is 2.35. The average molecular weight is 363 g/mol. The molecule has 2 heterocycles. The van der Waals surface area contributed by atoms with Crippen LogP contribution < -0.4 is 10.2 Å². The Bertz CT molecular complexity index is 905. The zero-order chi connectivity index (χ0) is 19.8. The number of hydrogen-bond acceptors (Lipinski definition) is 4. The molecule has 1 aliphatic heterocycles. The van der Waals surface area contributed by atoms with E-state index in [0.717, 1.165) is 12.2 Å². The molecule has 0 saturated heterocycles. The van der Waals surface area contributed by atoms with Gasteiger partial charge < -0.3 is 4.74 Å². The van der Waals surface area contributed by atoms with Crippen LogP contribution in [0.1, 0.15) is 32.4 Å². The highest BCUT2D eigenvalue weighted by molar-refractivity contribution is 6.32. The lowest BCUT2D eigenvalue weighted by Crippen LogP contribution is -2.16. The average Bonchev–Trinajstić information content (AvgIpc) is 3.01. The molecule has 27 heavy (non-hydrogen) atoms. The molecule has 0 amide bonds. The fourth-order valence-electron chi connectivity index (χ4n) is 2.70. The minimum atomic E-state index is -0.442. The molecule has 4 nitrogen and oxygen atoms in total. The van der Waals surface area contributed by atoms with Crippen LogP contribution in [0.15, 0.2) is 47.8 Å². The topological polar surface area (TPSA) is 37.7 Å². The molecule has 0 saturated carbocycles. The number of likely N-dealkylation sites (N-methyl/N-ethyl adjacent to an activating group) is 1. The number of pyridine rings is 1. The SMILES string of the molecule is [B]c1ccc(-c2nc(C3C=NN(C)C3)ccc2OC(=C)C(C)(C)C)c(F)c1. The van der Waals surface area contributed by atoms with Gasteiger partial charge in [0.2, 0.25) is 0 Å². The molecule has 2 radical (unpaired) electrons. The number of allylic oxidation sites excluding steroid dienone is 1. The lowest BCUT2D eigenvalue weighted by molar-refractivity contribution is 0.296. The zero-order valence-corrected chi connectivity index (χ0v) is 16.2. The third kappa shape index (κ3) is 4.21. The number of ether oxygens (including phenoxy) is 1. The summed E-state index contributed by atoms with van der Waals surface area (Å²) in [5.74, 6) is 0.649. The Balaban J connectivity index is 2.07. The van der Waals surface area contributed by atoms with Crippen molar-refractivity contribution < 1.29 is 9.13 Å². The first-order valence-electron chi connectivity index (χ1n) is 8.84. The van der Waals surface area contributed by atoms with E-state index in [9.17, 15) is 4.39 Å². The molecule has 2 aromatic rings. The molecule has 6 heteroatoms. The molecule has 138 valence electrons. The van der Waals surface area contributed by atoms with Gasteiger partial charge in [0.05, 0.1) is 11.6 Å². The predicted octanol–water partition coefficient (Wildman–Crippen LogP) is 3.63. The van der Waals surface area contributed by atoms with Crippen molar-refractivity contribution in [2.24, 2.45) is 10.5 Å². The van der Waals surface area contributed by atoms with Gasteiger partial charge in [-0.2, -0.15) is 5.10 Å². The van der Waals surface area contributed by atoms with Crippen LogP contribution in [0.2, 0.25) is 0 Å². The summed E-state index contributed by atoms with van der Waals surface area (Å²) >= 11 is 0. The maximum Gasteiger partial charge on any atom is 0.153 e. The van der Waals surface area contributed by atoms with Crippen LogP contribution in [-0.2, 0) is 0 Å². The van der Waals surface area contributed by atoms with E-state index in [2.05, 4.69) is 11.7 Å². The number of benzene rings is 1. The van der Waals surface area contributed by atoms with Gasteiger partial charge >= 0.3 is 0 Å². The quantitative estimate of drug-likeness (QED) is 0.615. The molecular weight excluding hydrogens is 340 g/mol. The number of hydrogen-bond donors (Lipinski definition) is 0. The molecule has 1 aromatic heterocycles. The monoisotopic (exact) mass is 363 g/mol. The Morgan fingerprint density at radius 2 is 2.04 bits per heavy atom. The summed E-state index contributed by atoms with van der Waals surface area (Å²) in [6, 6.07) is 8.27. The van der Waals surface area contributed by atoms with E-state index in [0.29, 0.717) is 28.2 Å². The molecule has 0 N–H and O–H groups in total. The molecule has 0 bridgehead atoms. The van der Waals surface area contributed by atoms with Crippen molar-refractivity contribution in [3.05, 3.63) is 54.2 Å². The number of rotatable bonds is 4. The Hall–Kier alpha value is -2.63. The summed E-state index contributed by atoms with van der Waals surface area (Å²) in [5, 5.41) is 6.11. The molecule has 1 aromatic carbocycles. The van der Waals surface area contributed by atoms with Gasteiger partial charge in [-0.1, -0.05) is 44.9 Å². The largest absolute Gasteiger partial charge is 0.459 e. The van der Waals surface area contributed by atoms with E-state index in [1.54, 1.807) is 12.1 Å². The number of halogens is 1. The van der Waals surface area contributed by atoms with E-state index in [1.165, 1.54) is 6.07 Å². The number of aromatic nitrogens is 1. The Morgan fingerprint density at radius 3 is 2.63 bits per heavy atom. The van der Waals surface area contributed by atoms with Gasteiger partial charge in [-0.05, 0) is 18.2 Å². The summed E-state index contributed by atoms with van der Waals surface area (Å²) in [7, 11) is 7.60. The van der Waals surface area contributed by atoms with Crippen molar-refractivity contribution in [3.63, 3.8) is 0 Å². The van der Waals surface area contributed by atoms with E-state index >= 15 is 0 Å². The lowest BCUT2D eigenvalue weighted by atomic mass is 9.93. The summed E-state index contributed by atoms with van der Waals surface area (Å²) in [6.07, 6.45) is 1.85. The Morgan fingerprint density at radius 1 is 1.30 bits per heavy atom. The third-order valence-electron chi connectivity index (χ3n) is 4.48. The van der Waals surface area contributed by atoms with Gasteiger partial charge in [-0.15, -0.1) is 0 Å². The van der Waals surface area contributed by atoms with Crippen LogP contribution in [0.25, 0.3) is 11.3 Å². The Labute approximate surface area is 161 Å². The van der Waals surface area contributed by atoms with Crippen LogP contribution in [0.3, 0.4) is 0 Å². The van der Waals surface area contributed by atoms with Gasteiger partial charge in [0.25, 0.3) is 0 Å². The van der Waals surface area contributed by atoms with E-state index in [1.807, 2.05) is 51.2 Å². The van der Waals surface area contributed by atoms with Crippen LogP contribution in [0.5, 0.6) is 5.75 Å². The summed E-state index contributed by atoms with van der Waals surface area (Å²) in [5.41, 5.74) is 1.68. The highest BCUT2D eigenvalue weighted by Gasteiger charge is 2.24. The van der Waals surface area contributed by atoms with Gasteiger partial charge in [0.15, 0.2) is 5.75 Å². The summed E-state index contributed by atoms with van der Waals surface area (Å²) in [4.78, 5) is 4.72. The second kappa shape index (κ2) is 7.18. The molecule has 0 spiro atoms. The van der Waals surface area contributed by atoms with Crippen molar-refractivity contribution in [1.29, 1.82) is 0 Å². The number of nitrogens with zero attached hydrogens (tertiary/aromatic N) is 3. The minimum Gasteiger partial charge on any atom is -0.459 e. The first-order chi connectivity index (χ1) is 12.6. The first-order valence-corrected chi connectivity index (χ1v) is 8.84. The van der Waals surface area contributed by atoms with Gasteiger partial charge in [-0.3, -0.25) is 5.01 Å². The second-order valence-electron chi connectivity index (χ2n) is 7.81. The maximum absolute atomic E-state index is 14.6. The minimum absolute atomic E-state index is 0.0467. The second-order valence-corrected chi connectivity index (χ2v) is 7.81. The van der Waals surface area contributed by atoms with E-state index < -0.39 is 5.82 Å². The van der Waals surface area contributed by atoms with Crippen LogP contribution in [0.4, 0.5) is 4.39 Å². The van der Waals surface area contributed by atoms with Crippen molar-refractivity contribution in [2.75, 3.05) is 13.6 Å². The maximum atomic E-state index is 14.6. The van der Waals surface area contributed by atoms with E-state index in [-0.39, 0.29) is 11.3 Å². The zero-order valence-electron chi connectivity index (χ0n) is 16.2. The fourth-order valence-corrected chi connectivity index (χ4v) is 2.70. The lowest BCUT2D eigenvalue weighted by Gasteiger charge is -2.23. The Kier molecular flexibility index (Phi) is 5.09. The molecular formula is C21H23BFN3O. The first kappa shape index (κ1) is 19.1. The van der Waals surface area contributed by atoms with Gasteiger partial charge in [0, 0.05) is 30.8 Å². The molecule has 0 aliphatic carbocycles. The number of hydrazone groups is 1. The predicted molar refractivity (Wildman–Crippen MR) is 108 cm³/mol. The van der Waals surface area contributed by atoms with Crippen molar-refractivity contribution in [1.82, 2.24) is 9.99 Å². The third-order valence-corrected chi connectivity index (χ3v) is 4.48. The van der Waals surface area contributed by atoms with Crippen molar-refractivity contribution in [2.45, 2.75) is 26.7 Å². The molecule has 1 unspecified atom stereocenters. The summed E-state index contributed by atoms with van der Waals surface area (Å²) < 4.78 is 20.6. The highest BCUT2D eigenvalue weighted by atomic mass is 19.1. The van der Waals surface area contributed by atoms with Crippen LogP contribution in [-0.4, -0.2) is 37.6 Å². The van der Waals surface area contributed by atoms with E-state index in [4.69, 9.17) is 17.6 Å². The molecule has 1 atom stereocenters. The molecule has 1 aliphatic rings. The van der Waals surface area contributed by atoms with Gasteiger partial charge in [0.1, 0.15) is 25.1 Å². The normalized spacial score (nSPS) is 16.6.